The van der Waals surface area contributed by atoms with Crippen LogP contribution in [-0.4, -0.2) is 96.9 Å². The van der Waals surface area contributed by atoms with Crippen molar-refractivity contribution in [3.05, 3.63) is 71.8 Å². The van der Waals surface area contributed by atoms with E-state index in [1.165, 1.54) is 20.8 Å². The van der Waals surface area contributed by atoms with Crippen molar-refractivity contribution in [3.63, 3.8) is 0 Å². The first kappa shape index (κ1) is 36.9. The zero-order valence-electron chi connectivity index (χ0n) is 27.5. The first-order valence-corrected chi connectivity index (χ1v) is 15.6. The fourth-order valence-corrected chi connectivity index (χ4v) is 5.67. The van der Waals surface area contributed by atoms with E-state index in [2.05, 4.69) is 5.32 Å². The molecule has 14 heteroatoms. The number of hydrogen-bond donors (Lipinski definition) is 2. The van der Waals surface area contributed by atoms with Gasteiger partial charge in [-0.05, 0) is 18.1 Å². The Labute approximate surface area is 278 Å². The molecule has 2 heterocycles. The van der Waals surface area contributed by atoms with Crippen molar-refractivity contribution in [2.24, 2.45) is 0 Å². The fraction of sp³-hybridized carbons (Fsp3) is 0.529. The summed E-state index contributed by atoms with van der Waals surface area (Å²) in [6, 6.07) is 17.7. The van der Waals surface area contributed by atoms with Gasteiger partial charge in [-0.25, -0.2) is 0 Å². The zero-order valence-corrected chi connectivity index (χ0v) is 27.5. The number of carbonyl (C=O) groups is 4. The van der Waals surface area contributed by atoms with Gasteiger partial charge < -0.3 is 48.3 Å². The Kier molecular flexibility index (Phi) is 13.4. The van der Waals surface area contributed by atoms with Gasteiger partial charge in [-0.3, -0.25) is 19.2 Å². The topological polar surface area (TPSA) is 174 Å². The first-order valence-electron chi connectivity index (χ1n) is 15.6. The van der Waals surface area contributed by atoms with Gasteiger partial charge in [0.2, 0.25) is 5.91 Å². The van der Waals surface area contributed by atoms with Crippen LogP contribution in [0.3, 0.4) is 0 Å². The van der Waals surface area contributed by atoms with Gasteiger partial charge in [0.1, 0.15) is 24.4 Å². The highest BCUT2D eigenvalue weighted by atomic mass is 16.7. The SMILES string of the molecule is CC(=O)N[C@@H]1[C@@H](OCc2ccccc2)[C@H](OCc2ccccc2)[C@@H](COC2O[C@@H](C)[C@@H](OC(C)=O)[C@@H](OC(C)=O)[C@@H]2OC(C)=O)O[C@@H]1O. The van der Waals surface area contributed by atoms with Crippen molar-refractivity contribution in [3.8, 4) is 0 Å². The molecule has 0 aliphatic carbocycles. The van der Waals surface area contributed by atoms with Crippen LogP contribution >= 0.6 is 0 Å². The first-order chi connectivity index (χ1) is 22.9. The Bertz CT molecular complexity index is 1360. The Morgan fingerprint density at radius 2 is 1.17 bits per heavy atom. The van der Waals surface area contributed by atoms with Gasteiger partial charge in [0.25, 0.3) is 0 Å². The standard InChI is InChI=1S/C34H43NO13/c1-19-28(45-21(3)37)31(46-22(4)38)32(47-23(5)39)34(44-19)43-18-26-29(41-16-24-12-8-6-9-13-24)30(27(33(40)48-26)35-20(2)36)42-17-25-14-10-7-11-15-25/h6-15,19,26-34,40H,16-18H2,1-5H3,(H,35,36)/t19-,26+,27+,28+,29+,30+,31+,32-,33-,34?/m0/s1. The Balaban J connectivity index is 1.62. The lowest BCUT2D eigenvalue weighted by atomic mass is 9.95. The molecule has 0 aromatic heterocycles. The smallest absolute Gasteiger partial charge is 0.303 e. The zero-order chi connectivity index (χ0) is 34.8. The summed E-state index contributed by atoms with van der Waals surface area (Å²) in [6.07, 6.45) is -10.3. The quantitative estimate of drug-likeness (QED) is 0.233. The van der Waals surface area contributed by atoms with Crippen molar-refractivity contribution < 1.29 is 62.2 Å². The monoisotopic (exact) mass is 673 g/mol. The Hall–Kier alpha value is -3.92. The summed E-state index contributed by atoms with van der Waals surface area (Å²) < 4.78 is 47.2. The number of rotatable bonds is 13. The number of benzene rings is 2. The number of aliphatic hydroxyl groups is 1. The number of hydrogen-bond acceptors (Lipinski definition) is 13. The summed E-state index contributed by atoms with van der Waals surface area (Å²) in [6.45, 7) is 6.38. The molecule has 2 aromatic carbocycles. The van der Waals surface area contributed by atoms with E-state index in [0.717, 1.165) is 18.1 Å². The molecule has 1 unspecified atom stereocenters. The Morgan fingerprint density at radius 3 is 1.69 bits per heavy atom. The van der Waals surface area contributed by atoms with Gasteiger partial charge in [0, 0.05) is 27.7 Å². The highest BCUT2D eigenvalue weighted by molar-refractivity contribution is 5.73. The minimum atomic E-state index is -1.53. The van der Waals surface area contributed by atoms with Crippen LogP contribution in [0.25, 0.3) is 0 Å². The molecule has 2 aromatic rings. The van der Waals surface area contributed by atoms with Gasteiger partial charge in [0.15, 0.2) is 30.9 Å². The maximum absolute atomic E-state index is 12.2. The molecule has 0 saturated carbocycles. The Morgan fingerprint density at radius 1 is 0.667 bits per heavy atom. The van der Waals surface area contributed by atoms with Crippen molar-refractivity contribution >= 4 is 23.8 Å². The molecule has 2 aliphatic heterocycles. The van der Waals surface area contributed by atoms with Crippen molar-refractivity contribution in [1.29, 1.82) is 0 Å². The lowest BCUT2D eigenvalue weighted by Gasteiger charge is -2.46. The number of esters is 3. The fourth-order valence-electron chi connectivity index (χ4n) is 5.67. The van der Waals surface area contributed by atoms with E-state index in [4.69, 9.17) is 37.9 Å². The van der Waals surface area contributed by atoms with Gasteiger partial charge in [0.05, 0.1) is 25.9 Å². The number of nitrogens with one attached hydrogen (secondary N) is 1. The molecule has 10 atom stereocenters. The third-order valence-electron chi connectivity index (χ3n) is 7.66. The van der Waals surface area contributed by atoms with Crippen LogP contribution in [-0.2, 0) is 70.3 Å². The molecule has 262 valence electrons. The van der Waals surface area contributed by atoms with E-state index in [9.17, 15) is 24.3 Å². The minimum Gasteiger partial charge on any atom is -0.456 e. The van der Waals surface area contributed by atoms with E-state index in [0.29, 0.717) is 0 Å². The van der Waals surface area contributed by atoms with E-state index in [1.807, 2.05) is 60.7 Å². The molecule has 48 heavy (non-hydrogen) atoms. The predicted molar refractivity (Wildman–Crippen MR) is 165 cm³/mol. The maximum Gasteiger partial charge on any atom is 0.303 e. The molecule has 0 spiro atoms. The van der Waals surface area contributed by atoms with E-state index in [-0.39, 0.29) is 19.8 Å². The summed E-state index contributed by atoms with van der Waals surface area (Å²) in [5, 5.41) is 13.9. The van der Waals surface area contributed by atoms with Gasteiger partial charge >= 0.3 is 17.9 Å². The van der Waals surface area contributed by atoms with Gasteiger partial charge in [-0.2, -0.15) is 0 Å². The summed E-state index contributed by atoms with van der Waals surface area (Å²) in [7, 11) is 0. The number of ether oxygens (including phenoxy) is 8. The molecule has 2 saturated heterocycles. The van der Waals surface area contributed by atoms with E-state index >= 15 is 0 Å². The average molecular weight is 674 g/mol. The van der Waals surface area contributed by atoms with Crippen LogP contribution in [0, 0.1) is 0 Å². The molecule has 0 bridgehead atoms. The average Bonchev–Trinajstić information content (AvgIpc) is 3.03. The second kappa shape index (κ2) is 17.5. The van der Waals surface area contributed by atoms with Crippen LogP contribution in [0.4, 0.5) is 0 Å². The van der Waals surface area contributed by atoms with Crippen LogP contribution in [0.5, 0.6) is 0 Å². The van der Waals surface area contributed by atoms with E-state index < -0.39 is 85.2 Å². The van der Waals surface area contributed by atoms with Crippen LogP contribution in [0.15, 0.2) is 60.7 Å². The number of carbonyl (C=O) groups excluding carboxylic acids is 4. The molecule has 1 amide bonds. The van der Waals surface area contributed by atoms with Crippen LogP contribution in [0.2, 0.25) is 0 Å². The number of aliphatic hydroxyl groups excluding tert-OH is 1. The lowest BCUT2D eigenvalue weighted by molar-refractivity contribution is -0.321. The molecule has 2 aliphatic rings. The third-order valence-corrected chi connectivity index (χ3v) is 7.66. The summed E-state index contributed by atoms with van der Waals surface area (Å²) in [5.74, 6) is -2.52. The van der Waals surface area contributed by atoms with Gasteiger partial charge in [-0.1, -0.05) is 60.7 Å². The lowest BCUT2D eigenvalue weighted by Crippen LogP contribution is -2.66. The molecule has 0 radical (unpaired) electrons. The summed E-state index contributed by atoms with van der Waals surface area (Å²) in [5.41, 5.74) is 1.70. The maximum atomic E-state index is 12.2. The second-order valence-electron chi connectivity index (χ2n) is 11.6. The van der Waals surface area contributed by atoms with Crippen molar-refractivity contribution in [1.82, 2.24) is 5.32 Å². The third kappa shape index (κ3) is 10.3. The normalized spacial score (nSPS) is 30.1. The molecule has 4 rings (SSSR count). The predicted octanol–water partition coefficient (Wildman–Crippen LogP) is 1.94. The van der Waals surface area contributed by atoms with Gasteiger partial charge in [-0.15, -0.1) is 0 Å². The molecule has 14 nitrogen and oxygen atoms in total. The van der Waals surface area contributed by atoms with Crippen molar-refractivity contribution in [2.75, 3.05) is 6.61 Å². The molecular weight excluding hydrogens is 630 g/mol. The molecule has 2 N–H and O–H groups in total. The second-order valence-corrected chi connectivity index (χ2v) is 11.6. The van der Waals surface area contributed by atoms with Crippen molar-refractivity contribution in [2.45, 2.75) is 109 Å². The van der Waals surface area contributed by atoms with Crippen LogP contribution < -0.4 is 5.32 Å². The highest BCUT2D eigenvalue weighted by Crippen LogP contribution is 2.32. The minimum absolute atomic E-state index is 0.130. The number of amides is 1. The summed E-state index contributed by atoms with van der Waals surface area (Å²) in [4.78, 5) is 48.3. The molecular formula is C34H43NO13. The van der Waals surface area contributed by atoms with Crippen LogP contribution in [0.1, 0.15) is 45.7 Å². The highest BCUT2D eigenvalue weighted by Gasteiger charge is 2.52. The molecule has 2 fully saturated rings. The largest absolute Gasteiger partial charge is 0.456 e. The summed E-state index contributed by atoms with van der Waals surface area (Å²) >= 11 is 0. The van der Waals surface area contributed by atoms with E-state index in [1.54, 1.807) is 6.92 Å².